The maximum atomic E-state index is 4.94. The third-order valence-corrected chi connectivity index (χ3v) is 15.6. The Morgan fingerprint density at radius 2 is 0.671 bits per heavy atom. The number of nitrogens with zero attached hydrogens (tertiary/aromatic N) is 4. The molecule has 13 rings (SSSR count). The first-order valence-electron chi connectivity index (χ1n) is 25.3. The number of hydrogen-bond acceptors (Lipinski definition) is 4. The lowest BCUT2D eigenvalue weighted by atomic mass is 9.79. The van der Waals surface area contributed by atoms with Gasteiger partial charge in [-0.2, -0.15) is 0 Å². The maximum absolute atomic E-state index is 4.94. The molecule has 2 aromatic heterocycles. The van der Waals surface area contributed by atoms with Crippen molar-refractivity contribution in [3.8, 4) is 77.9 Å². The van der Waals surface area contributed by atoms with Crippen molar-refractivity contribution in [3.05, 3.63) is 262 Å². The molecule has 10 aromatic rings. The van der Waals surface area contributed by atoms with Crippen LogP contribution in [0.3, 0.4) is 0 Å². The van der Waals surface area contributed by atoms with E-state index in [1.807, 2.05) is 24.8 Å². The van der Waals surface area contributed by atoms with Crippen molar-refractivity contribution in [3.63, 3.8) is 0 Å². The van der Waals surface area contributed by atoms with Gasteiger partial charge in [-0.3, -0.25) is 20.0 Å². The summed E-state index contributed by atoms with van der Waals surface area (Å²) in [5.41, 5.74) is 26.3. The number of pyridine rings is 2. The van der Waals surface area contributed by atoms with Crippen molar-refractivity contribution in [2.45, 2.75) is 38.5 Å². The van der Waals surface area contributed by atoms with Crippen LogP contribution in [0.1, 0.15) is 72.2 Å². The van der Waals surface area contributed by atoms with Gasteiger partial charge in [-0.15, -0.1) is 0 Å². The van der Waals surface area contributed by atoms with Gasteiger partial charge in [-0.1, -0.05) is 173 Å². The number of aromatic nitrogens is 2. The van der Waals surface area contributed by atoms with Crippen LogP contribution in [0, 0.1) is 0 Å². The molecule has 0 saturated carbocycles. The Labute approximate surface area is 427 Å². The fourth-order valence-corrected chi connectivity index (χ4v) is 11.7. The molecule has 73 heavy (non-hydrogen) atoms. The van der Waals surface area contributed by atoms with E-state index in [0.29, 0.717) is 6.67 Å². The predicted octanol–water partition coefficient (Wildman–Crippen LogP) is 16.0. The van der Waals surface area contributed by atoms with Gasteiger partial charge in [-0.25, -0.2) is 0 Å². The molecule has 0 radical (unpaired) electrons. The normalized spacial score (nSPS) is 14.3. The molecule has 348 valence electrons. The lowest BCUT2D eigenvalue weighted by Crippen LogP contribution is -2.26. The standard InChI is InChI=1S/C69H52N4/c1-68(2)62-39-48(46-11-7-5-8-12-46)19-23-56(62)58-25-21-52(41-64(58)68)60-37-50(18-16-45-31-35-71-36-32-45)61(38-49(60)17-15-44-29-33-70-34-30-44)53-22-26-59-57-24-20-51(40-63(57)69(3,4)65(59)42-53)55-28-27-54(47-13-9-6-10-14-47)66-67(55)73-43-72-66/h5-42H,43H2,1-4H3/b17-15+,18-16+. The van der Waals surface area contributed by atoms with E-state index in [1.165, 1.54) is 77.9 Å². The van der Waals surface area contributed by atoms with Gasteiger partial charge in [0, 0.05) is 46.7 Å². The van der Waals surface area contributed by atoms with Gasteiger partial charge in [0.15, 0.2) is 0 Å². The first-order chi connectivity index (χ1) is 35.7. The molecule has 0 saturated heterocycles. The van der Waals surface area contributed by atoms with E-state index in [0.717, 1.165) is 55.2 Å². The van der Waals surface area contributed by atoms with Crippen molar-refractivity contribution in [2.24, 2.45) is 9.98 Å². The number of benzene rings is 8. The van der Waals surface area contributed by atoms with Crippen molar-refractivity contribution in [1.29, 1.82) is 0 Å². The van der Waals surface area contributed by atoms with Crippen molar-refractivity contribution < 1.29 is 0 Å². The molecular formula is C69H52N4. The summed E-state index contributed by atoms with van der Waals surface area (Å²) in [6, 6.07) is 67.0. The first-order valence-corrected chi connectivity index (χ1v) is 25.3. The van der Waals surface area contributed by atoms with Crippen molar-refractivity contribution >= 4 is 24.3 Å². The third kappa shape index (κ3) is 7.61. The Morgan fingerprint density at radius 3 is 1.11 bits per heavy atom. The van der Waals surface area contributed by atoms with E-state index >= 15 is 0 Å². The molecule has 2 aliphatic carbocycles. The number of fused-ring (bicyclic) bond motifs is 7. The minimum atomic E-state index is -0.265. The highest BCUT2D eigenvalue weighted by atomic mass is 15.0. The zero-order valence-electron chi connectivity index (χ0n) is 41.4. The average Bonchev–Trinajstić information content (AvgIpc) is 4.09. The molecule has 0 unspecified atom stereocenters. The summed E-state index contributed by atoms with van der Waals surface area (Å²) < 4.78 is 0. The van der Waals surface area contributed by atoms with E-state index in [9.17, 15) is 0 Å². The summed E-state index contributed by atoms with van der Waals surface area (Å²) in [4.78, 5) is 18.5. The molecule has 0 spiro atoms. The molecule has 3 heterocycles. The molecule has 0 fully saturated rings. The smallest absolute Gasteiger partial charge is 0.130 e. The average molecular weight is 937 g/mol. The summed E-state index contributed by atoms with van der Waals surface area (Å²) in [6.45, 7) is 9.96. The second-order valence-corrected chi connectivity index (χ2v) is 20.6. The molecule has 1 aliphatic heterocycles. The molecule has 3 aliphatic rings. The van der Waals surface area contributed by atoms with Gasteiger partial charge in [-0.05, 0) is 172 Å². The molecule has 0 atom stereocenters. The predicted molar refractivity (Wildman–Crippen MR) is 302 cm³/mol. The van der Waals surface area contributed by atoms with E-state index in [4.69, 9.17) is 9.98 Å². The van der Waals surface area contributed by atoms with Crippen LogP contribution in [0.4, 0.5) is 0 Å². The Balaban J connectivity index is 0.932. The lowest BCUT2D eigenvalue weighted by Gasteiger charge is -2.24. The molecule has 0 amide bonds. The van der Waals surface area contributed by atoms with Crippen molar-refractivity contribution in [2.75, 3.05) is 6.67 Å². The summed E-state index contributed by atoms with van der Waals surface area (Å²) >= 11 is 0. The molecule has 0 N–H and O–H groups in total. The minimum absolute atomic E-state index is 0.198. The second-order valence-electron chi connectivity index (χ2n) is 20.6. The number of rotatable bonds is 9. The van der Waals surface area contributed by atoms with Gasteiger partial charge in [0.05, 0.1) is 10.7 Å². The van der Waals surface area contributed by atoms with Gasteiger partial charge in [0.25, 0.3) is 0 Å². The quantitative estimate of drug-likeness (QED) is 0.145. The summed E-state index contributed by atoms with van der Waals surface area (Å²) in [6.07, 6.45) is 16.4. The Morgan fingerprint density at radius 1 is 0.315 bits per heavy atom. The SMILES string of the molecule is CC1(C)c2cc(-c3ccccc3)ccc2-c2ccc(-c3cc(/C=C/c4ccncc4)c(-c4ccc5c(c4)C(C)(C)c4cc(-c6ccc(-c7ccccc7)c7c6=NCN=7)ccc4-5)cc3/C=C/c3ccncc3)cc21. The Kier molecular flexibility index (Phi) is 10.6. The molecule has 4 nitrogen and oxygen atoms in total. The Bertz CT molecular complexity index is 4020. The zero-order valence-corrected chi connectivity index (χ0v) is 41.4. The lowest BCUT2D eigenvalue weighted by molar-refractivity contribution is 0.660. The van der Waals surface area contributed by atoms with Crippen LogP contribution in [0.2, 0.25) is 0 Å². The fourth-order valence-electron chi connectivity index (χ4n) is 11.7. The first kappa shape index (κ1) is 44.1. The van der Waals surface area contributed by atoms with Gasteiger partial charge < -0.3 is 0 Å². The molecule has 4 heteroatoms. The van der Waals surface area contributed by atoms with Gasteiger partial charge in [0.1, 0.15) is 6.67 Å². The van der Waals surface area contributed by atoms with E-state index in [-0.39, 0.29) is 10.8 Å². The monoisotopic (exact) mass is 936 g/mol. The van der Waals surface area contributed by atoms with Gasteiger partial charge in [0.2, 0.25) is 0 Å². The van der Waals surface area contributed by atoms with Crippen LogP contribution in [0.25, 0.3) is 102 Å². The maximum Gasteiger partial charge on any atom is 0.130 e. The van der Waals surface area contributed by atoms with Crippen LogP contribution >= 0.6 is 0 Å². The molecule has 0 bridgehead atoms. The minimum Gasteiger partial charge on any atom is -0.265 e. The topological polar surface area (TPSA) is 50.5 Å². The van der Waals surface area contributed by atoms with Crippen LogP contribution in [-0.4, -0.2) is 16.6 Å². The van der Waals surface area contributed by atoms with Gasteiger partial charge >= 0.3 is 0 Å². The number of hydrogen-bond donors (Lipinski definition) is 0. The summed E-state index contributed by atoms with van der Waals surface area (Å²) in [5, 5.41) is 1.96. The highest BCUT2D eigenvalue weighted by Gasteiger charge is 2.38. The zero-order chi connectivity index (χ0) is 49.3. The van der Waals surface area contributed by atoms with E-state index in [2.05, 4.69) is 244 Å². The van der Waals surface area contributed by atoms with Crippen LogP contribution < -0.4 is 10.7 Å². The van der Waals surface area contributed by atoms with Crippen LogP contribution in [-0.2, 0) is 10.8 Å². The summed E-state index contributed by atoms with van der Waals surface area (Å²) in [7, 11) is 0. The third-order valence-electron chi connectivity index (χ3n) is 15.6. The molecular weight excluding hydrogens is 885 g/mol. The fraction of sp³-hybridized carbons (Fsp3) is 0.101. The second kappa shape index (κ2) is 17.5. The van der Waals surface area contributed by atoms with Crippen LogP contribution in [0.5, 0.6) is 0 Å². The Hall–Kier alpha value is -8.86. The van der Waals surface area contributed by atoms with E-state index < -0.39 is 0 Å². The van der Waals surface area contributed by atoms with E-state index in [1.54, 1.807) is 0 Å². The molecule has 8 aromatic carbocycles. The van der Waals surface area contributed by atoms with Crippen molar-refractivity contribution in [1.82, 2.24) is 9.97 Å². The highest BCUT2D eigenvalue weighted by molar-refractivity contribution is 5.94. The summed E-state index contributed by atoms with van der Waals surface area (Å²) in [5.74, 6) is 0. The highest BCUT2D eigenvalue weighted by Crippen LogP contribution is 2.53. The van der Waals surface area contributed by atoms with Crippen LogP contribution in [0.15, 0.2) is 217 Å². The largest absolute Gasteiger partial charge is 0.265 e.